The second kappa shape index (κ2) is 12.4. The quantitative estimate of drug-likeness (QED) is 0.469. The van der Waals surface area contributed by atoms with Crippen LogP contribution in [0.25, 0.3) is 0 Å². The number of hydrogen-bond acceptors (Lipinski definition) is 4. The minimum absolute atomic E-state index is 0.0974. The first-order chi connectivity index (χ1) is 16.5. The summed E-state index contributed by atoms with van der Waals surface area (Å²) in [5.41, 5.74) is 2.95. The second-order valence-electron chi connectivity index (χ2n) is 8.10. The predicted octanol–water partition coefficient (Wildman–Crippen LogP) is 4.02. The van der Waals surface area contributed by atoms with Gasteiger partial charge in [-0.25, -0.2) is 0 Å². The Bertz CT molecular complexity index is 1050. The van der Waals surface area contributed by atoms with Gasteiger partial charge in [-0.3, -0.25) is 9.59 Å². The third-order valence-electron chi connectivity index (χ3n) is 5.75. The maximum absolute atomic E-state index is 13.3. The molecule has 6 nitrogen and oxygen atoms in total. The molecule has 3 aromatic rings. The SMILES string of the molecule is COc1ccc(CCNC(=O)C(C)N(Cc2ccc(OC)cc2)C(=O)Cc2ccccc2)cc1. The fourth-order valence-electron chi connectivity index (χ4n) is 3.65. The van der Waals surface area contributed by atoms with E-state index in [9.17, 15) is 9.59 Å². The van der Waals surface area contributed by atoms with E-state index in [0.29, 0.717) is 19.5 Å². The van der Waals surface area contributed by atoms with Crippen LogP contribution in [-0.2, 0) is 29.0 Å². The number of amides is 2. The maximum atomic E-state index is 13.3. The van der Waals surface area contributed by atoms with Crippen LogP contribution >= 0.6 is 0 Å². The van der Waals surface area contributed by atoms with Crippen LogP contribution < -0.4 is 14.8 Å². The molecule has 0 aliphatic carbocycles. The van der Waals surface area contributed by atoms with Crippen LogP contribution in [0.4, 0.5) is 0 Å². The summed E-state index contributed by atoms with van der Waals surface area (Å²) in [5, 5.41) is 2.98. The first kappa shape index (κ1) is 24.8. The summed E-state index contributed by atoms with van der Waals surface area (Å²) in [6.07, 6.45) is 0.930. The second-order valence-corrected chi connectivity index (χ2v) is 8.10. The molecule has 0 bridgehead atoms. The third kappa shape index (κ3) is 7.10. The lowest BCUT2D eigenvalue weighted by molar-refractivity contribution is -0.140. The smallest absolute Gasteiger partial charge is 0.242 e. The molecule has 1 unspecified atom stereocenters. The van der Waals surface area contributed by atoms with Gasteiger partial charge in [0.1, 0.15) is 17.5 Å². The molecular weight excluding hydrogens is 428 g/mol. The van der Waals surface area contributed by atoms with Gasteiger partial charge in [-0.05, 0) is 54.3 Å². The average molecular weight is 461 g/mol. The van der Waals surface area contributed by atoms with Crippen LogP contribution in [0, 0.1) is 0 Å². The highest BCUT2D eigenvalue weighted by molar-refractivity contribution is 5.88. The van der Waals surface area contributed by atoms with Gasteiger partial charge in [0, 0.05) is 13.1 Å². The molecule has 3 aromatic carbocycles. The normalized spacial score (nSPS) is 11.4. The van der Waals surface area contributed by atoms with Gasteiger partial charge in [-0.15, -0.1) is 0 Å². The summed E-state index contributed by atoms with van der Waals surface area (Å²) in [6.45, 7) is 2.59. The van der Waals surface area contributed by atoms with Gasteiger partial charge in [-0.1, -0.05) is 54.6 Å². The zero-order valence-corrected chi connectivity index (χ0v) is 20.0. The lowest BCUT2D eigenvalue weighted by atomic mass is 10.1. The standard InChI is InChI=1S/C28H32N2O4/c1-21(28(32)29-18-17-22-9-13-25(33-2)14-10-22)30(20-24-11-15-26(34-3)16-12-24)27(31)19-23-7-5-4-6-8-23/h4-16,21H,17-20H2,1-3H3,(H,29,32). The molecule has 178 valence electrons. The highest BCUT2D eigenvalue weighted by Gasteiger charge is 2.26. The number of carbonyl (C=O) groups is 2. The summed E-state index contributed by atoms with van der Waals surface area (Å²) in [7, 11) is 3.25. The van der Waals surface area contributed by atoms with Crippen LogP contribution in [0.15, 0.2) is 78.9 Å². The van der Waals surface area contributed by atoms with Gasteiger partial charge in [0.2, 0.25) is 11.8 Å². The Labute approximate surface area is 201 Å². The van der Waals surface area contributed by atoms with Crippen molar-refractivity contribution in [2.45, 2.75) is 32.4 Å². The van der Waals surface area contributed by atoms with E-state index in [2.05, 4.69) is 5.32 Å². The van der Waals surface area contributed by atoms with Gasteiger partial charge in [-0.2, -0.15) is 0 Å². The number of benzene rings is 3. The molecule has 0 fully saturated rings. The predicted molar refractivity (Wildman–Crippen MR) is 133 cm³/mol. The number of hydrogen-bond donors (Lipinski definition) is 1. The van der Waals surface area contributed by atoms with Crippen molar-refractivity contribution in [3.8, 4) is 11.5 Å². The molecule has 0 saturated heterocycles. The minimum Gasteiger partial charge on any atom is -0.497 e. The van der Waals surface area contributed by atoms with E-state index in [1.807, 2.05) is 78.9 Å². The molecule has 34 heavy (non-hydrogen) atoms. The van der Waals surface area contributed by atoms with Crippen LogP contribution in [0.5, 0.6) is 11.5 Å². The lowest BCUT2D eigenvalue weighted by Crippen LogP contribution is -2.48. The largest absolute Gasteiger partial charge is 0.497 e. The molecule has 0 aliphatic rings. The molecule has 2 amide bonds. The Morgan fingerprint density at radius 1 is 0.794 bits per heavy atom. The Morgan fingerprint density at radius 2 is 1.35 bits per heavy atom. The third-order valence-corrected chi connectivity index (χ3v) is 5.75. The Kier molecular flexibility index (Phi) is 9.09. The van der Waals surface area contributed by atoms with Gasteiger partial charge < -0.3 is 19.7 Å². The number of rotatable bonds is 11. The number of ether oxygens (including phenoxy) is 2. The molecule has 6 heteroatoms. The summed E-state index contributed by atoms with van der Waals surface area (Å²) in [4.78, 5) is 27.9. The number of carbonyl (C=O) groups excluding carboxylic acids is 2. The molecule has 1 N–H and O–H groups in total. The maximum Gasteiger partial charge on any atom is 0.242 e. The van der Waals surface area contributed by atoms with E-state index >= 15 is 0 Å². The molecule has 1 atom stereocenters. The van der Waals surface area contributed by atoms with Crippen molar-refractivity contribution in [3.05, 3.63) is 95.6 Å². The molecule has 0 aromatic heterocycles. The summed E-state index contributed by atoms with van der Waals surface area (Å²) >= 11 is 0. The number of nitrogens with one attached hydrogen (secondary N) is 1. The summed E-state index contributed by atoms with van der Waals surface area (Å²) < 4.78 is 10.4. The highest BCUT2D eigenvalue weighted by Crippen LogP contribution is 2.16. The van der Waals surface area contributed by atoms with Crippen molar-refractivity contribution < 1.29 is 19.1 Å². The van der Waals surface area contributed by atoms with Crippen molar-refractivity contribution in [1.29, 1.82) is 0 Å². The number of methoxy groups -OCH3 is 2. The van der Waals surface area contributed by atoms with E-state index in [1.54, 1.807) is 26.0 Å². The van der Waals surface area contributed by atoms with Crippen LogP contribution in [-0.4, -0.2) is 43.5 Å². The molecule has 3 rings (SSSR count). The fourth-order valence-corrected chi connectivity index (χ4v) is 3.65. The van der Waals surface area contributed by atoms with Crippen molar-refractivity contribution in [1.82, 2.24) is 10.2 Å². The van der Waals surface area contributed by atoms with Gasteiger partial charge >= 0.3 is 0 Å². The van der Waals surface area contributed by atoms with E-state index < -0.39 is 6.04 Å². The Hall–Kier alpha value is -3.80. The van der Waals surface area contributed by atoms with Crippen molar-refractivity contribution in [2.24, 2.45) is 0 Å². The molecule has 0 heterocycles. The average Bonchev–Trinajstić information content (AvgIpc) is 2.88. The van der Waals surface area contributed by atoms with Gasteiger partial charge in [0.05, 0.1) is 20.6 Å². The summed E-state index contributed by atoms with van der Waals surface area (Å²) in [6, 6.07) is 24.3. The molecular formula is C28H32N2O4. The summed E-state index contributed by atoms with van der Waals surface area (Å²) in [5.74, 6) is 1.27. The van der Waals surface area contributed by atoms with Gasteiger partial charge in [0.15, 0.2) is 0 Å². The number of nitrogens with zero attached hydrogens (tertiary/aromatic N) is 1. The zero-order chi connectivity index (χ0) is 24.3. The van der Waals surface area contributed by atoms with Crippen LogP contribution in [0.2, 0.25) is 0 Å². The molecule has 0 spiro atoms. The Balaban J connectivity index is 1.66. The fraction of sp³-hybridized carbons (Fsp3) is 0.286. The zero-order valence-electron chi connectivity index (χ0n) is 20.0. The van der Waals surface area contributed by atoms with Crippen molar-refractivity contribution in [2.75, 3.05) is 20.8 Å². The first-order valence-corrected chi connectivity index (χ1v) is 11.4. The van der Waals surface area contributed by atoms with Gasteiger partial charge in [0.25, 0.3) is 0 Å². The monoisotopic (exact) mass is 460 g/mol. The molecule has 0 aliphatic heterocycles. The van der Waals surface area contributed by atoms with E-state index in [1.165, 1.54) is 0 Å². The van der Waals surface area contributed by atoms with E-state index in [0.717, 1.165) is 28.2 Å². The van der Waals surface area contributed by atoms with Crippen molar-refractivity contribution >= 4 is 11.8 Å². The molecule has 0 saturated carbocycles. The van der Waals surface area contributed by atoms with Crippen molar-refractivity contribution in [3.63, 3.8) is 0 Å². The van der Waals surface area contributed by atoms with E-state index in [-0.39, 0.29) is 18.2 Å². The van der Waals surface area contributed by atoms with Crippen LogP contribution in [0.3, 0.4) is 0 Å². The highest BCUT2D eigenvalue weighted by atomic mass is 16.5. The van der Waals surface area contributed by atoms with Crippen LogP contribution in [0.1, 0.15) is 23.6 Å². The minimum atomic E-state index is -0.616. The first-order valence-electron chi connectivity index (χ1n) is 11.4. The Morgan fingerprint density at radius 3 is 1.91 bits per heavy atom. The van der Waals surface area contributed by atoms with E-state index in [4.69, 9.17) is 9.47 Å². The lowest BCUT2D eigenvalue weighted by Gasteiger charge is -2.29. The topological polar surface area (TPSA) is 67.9 Å². The molecule has 0 radical (unpaired) electrons.